The summed E-state index contributed by atoms with van der Waals surface area (Å²) in [4.78, 5) is 19.8. The zero-order valence-electron chi connectivity index (χ0n) is 16.4. The second kappa shape index (κ2) is 6.78. The maximum absolute atomic E-state index is 12.7. The minimum absolute atomic E-state index is 0.0610. The van der Waals surface area contributed by atoms with Gasteiger partial charge in [-0.25, -0.2) is 4.98 Å². The summed E-state index contributed by atoms with van der Waals surface area (Å²) in [6.45, 7) is 5.73. The molecule has 0 spiro atoms. The third-order valence-corrected chi connectivity index (χ3v) is 5.37. The fraction of sp³-hybridized carbons (Fsp3) is 0.304. The van der Waals surface area contributed by atoms with Crippen molar-refractivity contribution in [1.82, 2.24) is 15.2 Å². The van der Waals surface area contributed by atoms with E-state index in [1.807, 2.05) is 32.3 Å². The number of nitrogens with zero attached hydrogens (tertiary/aromatic N) is 2. The highest BCUT2D eigenvalue weighted by atomic mass is 16.1. The Bertz CT molecular complexity index is 1050. The Hall–Kier alpha value is -2.72. The van der Waals surface area contributed by atoms with E-state index in [1.165, 1.54) is 27.8 Å². The number of carbonyl (C=O) groups is 1. The highest BCUT2D eigenvalue weighted by Gasteiger charge is 2.25. The lowest BCUT2D eigenvalue weighted by Gasteiger charge is -2.12. The van der Waals surface area contributed by atoms with Crippen molar-refractivity contribution in [2.45, 2.75) is 20.3 Å². The van der Waals surface area contributed by atoms with Crippen LogP contribution in [-0.2, 0) is 6.42 Å². The zero-order chi connectivity index (χ0) is 19.1. The Labute approximate surface area is 160 Å². The van der Waals surface area contributed by atoms with Gasteiger partial charge in [-0.3, -0.25) is 4.79 Å². The molecule has 0 unspecified atom stereocenters. The zero-order valence-corrected chi connectivity index (χ0v) is 16.4. The topological polar surface area (TPSA) is 45.2 Å². The minimum atomic E-state index is -0.0610. The van der Waals surface area contributed by atoms with Crippen LogP contribution in [-0.4, -0.2) is 43.0 Å². The summed E-state index contributed by atoms with van der Waals surface area (Å²) in [6, 6.07) is 12.4. The Morgan fingerprint density at radius 2 is 1.93 bits per heavy atom. The molecule has 1 aliphatic carbocycles. The van der Waals surface area contributed by atoms with Crippen LogP contribution in [0.15, 0.2) is 36.4 Å². The van der Waals surface area contributed by atoms with Crippen LogP contribution in [0.5, 0.6) is 0 Å². The normalized spacial score (nSPS) is 12.3. The highest BCUT2D eigenvalue weighted by Crippen LogP contribution is 2.40. The van der Waals surface area contributed by atoms with Gasteiger partial charge in [0.2, 0.25) is 0 Å². The fourth-order valence-corrected chi connectivity index (χ4v) is 3.88. The average molecular weight is 359 g/mol. The molecule has 1 aliphatic rings. The summed E-state index contributed by atoms with van der Waals surface area (Å²) in [6.07, 6.45) is 0.917. The number of amides is 1. The molecule has 0 fully saturated rings. The van der Waals surface area contributed by atoms with Gasteiger partial charge in [-0.05, 0) is 62.3 Å². The second-order valence-corrected chi connectivity index (χ2v) is 7.66. The van der Waals surface area contributed by atoms with Crippen LogP contribution in [0.25, 0.3) is 22.2 Å². The van der Waals surface area contributed by atoms with E-state index < -0.39 is 0 Å². The number of hydrogen-bond acceptors (Lipinski definition) is 3. The molecule has 4 heteroatoms. The minimum Gasteiger partial charge on any atom is -0.351 e. The Kier molecular flexibility index (Phi) is 4.44. The first-order valence-corrected chi connectivity index (χ1v) is 9.40. The SMILES string of the molecule is Cc1ccc(C)c2c1Cc1cc3cccc(C(=O)NCCN(C)C)c3nc1-2. The average Bonchev–Trinajstić information content (AvgIpc) is 3.01. The summed E-state index contributed by atoms with van der Waals surface area (Å²) >= 11 is 0. The summed E-state index contributed by atoms with van der Waals surface area (Å²) in [7, 11) is 3.99. The van der Waals surface area contributed by atoms with E-state index in [0.717, 1.165) is 29.6 Å². The van der Waals surface area contributed by atoms with Crippen molar-refractivity contribution in [1.29, 1.82) is 0 Å². The molecular formula is C23H25N3O. The number of hydrogen-bond donors (Lipinski definition) is 1. The first-order valence-electron chi connectivity index (χ1n) is 9.40. The molecule has 1 aromatic heterocycles. The van der Waals surface area contributed by atoms with E-state index in [2.05, 4.69) is 42.3 Å². The van der Waals surface area contributed by atoms with Gasteiger partial charge in [-0.15, -0.1) is 0 Å². The molecular weight excluding hydrogens is 334 g/mol. The first-order chi connectivity index (χ1) is 13.0. The summed E-state index contributed by atoms with van der Waals surface area (Å²) < 4.78 is 0. The van der Waals surface area contributed by atoms with Crippen LogP contribution >= 0.6 is 0 Å². The Morgan fingerprint density at radius 3 is 2.70 bits per heavy atom. The van der Waals surface area contributed by atoms with Gasteiger partial charge in [0.05, 0.1) is 16.8 Å². The monoisotopic (exact) mass is 359 g/mol. The van der Waals surface area contributed by atoms with Gasteiger partial charge in [-0.1, -0.05) is 24.3 Å². The van der Waals surface area contributed by atoms with Gasteiger partial charge in [0.25, 0.3) is 5.91 Å². The van der Waals surface area contributed by atoms with Crippen molar-refractivity contribution in [3.63, 3.8) is 0 Å². The maximum Gasteiger partial charge on any atom is 0.253 e. The van der Waals surface area contributed by atoms with Gasteiger partial charge in [0, 0.05) is 30.5 Å². The molecule has 138 valence electrons. The summed E-state index contributed by atoms with van der Waals surface area (Å²) in [5, 5.41) is 4.03. The van der Waals surface area contributed by atoms with Gasteiger partial charge in [-0.2, -0.15) is 0 Å². The van der Waals surface area contributed by atoms with Crippen molar-refractivity contribution in [3.05, 3.63) is 64.2 Å². The molecule has 0 radical (unpaired) electrons. The van der Waals surface area contributed by atoms with E-state index in [-0.39, 0.29) is 5.91 Å². The Morgan fingerprint density at radius 1 is 1.15 bits per heavy atom. The molecule has 2 aromatic carbocycles. The first kappa shape index (κ1) is 17.7. The van der Waals surface area contributed by atoms with E-state index >= 15 is 0 Å². The number of nitrogens with one attached hydrogen (secondary N) is 1. The van der Waals surface area contributed by atoms with Gasteiger partial charge < -0.3 is 10.2 Å². The van der Waals surface area contributed by atoms with E-state index in [9.17, 15) is 4.79 Å². The lowest BCUT2D eigenvalue weighted by molar-refractivity contribution is 0.0952. The third kappa shape index (κ3) is 3.10. The number of fused-ring (bicyclic) bond motifs is 4. The van der Waals surface area contributed by atoms with Crippen LogP contribution in [0.2, 0.25) is 0 Å². The van der Waals surface area contributed by atoms with Gasteiger partial charge in [0.15, 0.2) is 0 Å². The van der Waals surface area contributed by atoms with E-state index in [1.54, 1.807) is 0 Å². The number of rotatable bonds is 4. The maximum atomic E-state index is 12.7. The lowest BCUT2D eigenvalue weighted by atomic mass is 9.99. The fourth-order valence-electron chi connectivity index (χ4n) is 3.88. The van der Waals surface area contributed by atoms with Crippen LogP contribution in [0.3, 0.4) is 0 Å². The number of aryl methyl sites for hydroxylation is 2. The van der Waals surface area contributed by atoms with Crippen LogP contribution < -0.4 is 5.32 Å². The predicted molar refractivity (Wildman–Crippen MR) is 110 cm³/mol. The molecule has 0 saturated carbocycles. The van der Waals surface area contributed by atoms with Gasteiger partial charge in [0.1, 0.15) is 0 Å². The van der Waals surface area contributed by atoms with Crippen LogP contribution in [0, 0.1) is 13.8 Å². The molecule has 1 amide bonds. The number of likely N-dealkylation sites (N-methyl/N-ethyl adjacent to an activating group) is 1. The number of benzene rings is 2. The molecule has 0 bridgehead atoms. The van der Waals surface area contributed by atoms with Crippen molar-refractivity contribution in [3.8, 4) is 11.3 Å². The smallest absolute Gasteiger partial charge is 0.253 e. The predicted octanol–water partition coefficient (Wildman–Crippen LogP) is 3.71. The largest absolute Gasteiger partial charge is 0.351 e. The molecule has 0 atom stereocenters. The number of para-hydroxylation sites is 1. The van der Waals surface area contributed by atoms with E-state index in [4.69, 9.17) is 4.98 Å². The molecule has 0 aliphatic heterocycles. The Balaban J connectivity index is 1.79. The van der Waals surface area contributed by atoms with Crippen LogP contribution in [0.1, 0.15) is 32.6 Å². The molecule has 0 saturated heterocycles. The van der Waals surface area contributed by atoms with Crippen molar-refractivity contribution in [2.24, 2.45) is 0 Å². The standard InChI is InChI=1S/C23H25N3O/c1-14-8-9-15(2)20-19(14)13-17-12-16-6-5-7-18(21(16)25-22(17)20)23(27)24-10-11-26(3)4/h5-9,12H,10-11,13H2,1-4H3,(H,24,27). The molecule has 3 aromatic rings. The summed E-state index contributed by atoms with van der Waals surface area (Å²) in [5.74, 6) is -0.0610. The molecule has 4 nitrogen and oxygen atoms in total. The molecule has 27 heavy (non-hydrogen) atoms. The van der Waals surface area contributed by atoms with Crippen molar-refractivity contribution in [2.75, 3.05) is 27.2 Å². The molecule has 1 heterocycles. The highest BCUT2D eigenvalue weighted by molar-refractivity contribution is 6.06. The lowest BCUT2D eigenvalue weighted by Crippen LogP contribution is -2.31. The number of aromatic nitrogens is 1. The second-order valence-electron chi connectivity index (χ2n) is 7.66. The van der Waals surface area contributed by atoms with Crippen molar-refractivity contribution < 1.29 is 4.79 Å². The van der Waals surface area contributed by atoms with Gasteiger partial charge >= 0.3 is 0 Å². The van der Waals surface area contributed by atoms with Crippen LogP contribution in [0.4, 0.5) is 0 Å². The third-order valence-electron chi connectivity index (χ3n) is 5.37. The quantitative estimate of drug-likeness (QED) is 0.604. The van der Waals surface area contributed by atoms with E-state index in [0.29, 0.717) is 12.1 Å². The molecule has 4 rings (SSSR count). The summed E-state index contributed by atoms with van der Waals surface area (Å²) in [5.41, 5.74) is 8.88. The number of carbonyl (C=O) groups excluding carboxylic acids is 1. The van der Waals surface area contributed by atoms with Crippen molar-refractivity contribution >= 4 is 16.8 Å². The number of pyridine rings is 1. The molecule has 1 N–H and O–H groups in total.